The van der Waals surface area contributed by atoms with E-state index in [1.54, 1.807) is 18.0 Å². The van der Waals surface area contributed by atoms with Crippen LogP contribution in [0.25, 0.3) is 5.57 Å². The normalized spacial score (nSPS) is 20.4. The number of para-hydroxylation sites is 1. The van der Waals surface area contributed by atoms with E-state index >= 15 is 0 Å². The monoisotopic (exact) mass is 239 g/mol. The Morgan fingerprint density at radius 2 is 1.94 bits per heavy atom. The Hall–Kier alpha value is -1.09. The van der Waals surface area contributed by atoms with E-state index in [4.69, 9.17) is 0 Å². The third-order valence-corrected chi connectivity index (χ3v) is 4.03. The first-order valence-corrected chi connectivity index (χ1v) is 6.65. The first-order chi connectivity index (χ1) is 7.41. The SMILES string of the molecule is CC1=CC(P(=O)(O)O)N(C)c2ccccc21. The van der Waals surface area contributed by atoms with Gasteiger partial charge in [0.15, 0.2) is 5.78 Å². The van der Waals surface area contributed by atoms with Crippen LogP contribution in [0.3, 0.4) is 0 Å². The highest BCUT2D eigenvalue weighted by Gasteiger charge is 2.34. The lowest BCUT2D eigenvalue weighted by atomic mass is 10.0. The van der Waals surface area contributed by atoms with Crippen molar-refractivity contribution in [3.63, 3.8) is 0 Å². The number of rotatable bonds is 1. The molecule has 1 aliphatic rings. The molecule has 1 unspecified atom stereocenters. The fourth-order valence-corrected chi connectivity index (χ4v) is 3.00. The summed E-state index contributed by atoms with van der Waals surface area (Å²) in [6, 6.07) is 7.61. The fraction of sp³-hybridized carbons (Fsp3) is 0.273. The molecule has 5 heteroatoms. The Bertz CT molecular complexity index is 492. The maximum Gasteiger partial charge on any atom is 0.351 e. The van der Waals surface area contributed by atoms with Crippen molar-refractivity contribution in [2.45, 2.75) is 12.7 Å². The molecular formula is C11H14NO3P. The molecule has 1 aromatic rings. The van der Waals surface area contributed by atoms with Gasteiger partial charge in [-0.15, -0.1) is 0 Å². The Kier molecular flexibility index (Phi) is 2.66. The van der Waals surface area contributed by atoms with Crippen LogP contribution >= 0.6 is 7.60 Å². The molecule has 0 saturated carbocycles. The number of anilines is 1. The minimum absolute atomic E-state index is 0.857. The highest BCUT2D eigenvalue weighted by molar-refractivity contribution is 7.53. The lowest BCUT2D eigenvalue weighted by Crippen LogP contribution is -2.33. The molecule has 0 saturated heterocycles. The van der Waals surface area contributed by atoms with Crippen molar-refractivity contribution < 1.29 is 14.4 Å². The molecule has 16 heavy (non-hydrogen) atoms. The van der Waals surface area contributed by atoms with Crippen LogP contribution in [0.15, 0.2) is 30.3 Å². The summed E-state index contributed by atoms with van der Waals surface area (Å²) in [4.78, 5) is 20.2. The lowest BCUT2D eigenvalue weighted by molar-refractivity contribution is 0.364. The quantitative estimate of drug-likeness (QED) is 0.736. The smallest absolute Gasteiger partial charge is 0.351 e. The summed E-state index contributed by atoms with van der Waals surface area (Å²) in [5.74, 6) is -0.859. The largest absolute Gasteiger partial charge is 0.357 e. The van der Waals surface area contributed by atoms with Gasteiger partial charge in [-0.25, -0.2) is 0 Å². The number of nitrogens with zero attached hydrogens (tertiary/aromatic N) is 1. The number of hydrogen-bond acceptors (Lipinski definition) is 2. The third-order valence-electron chi connectivity index (χ3n) is 2.85. The molecule has 4 nitrogen and oxygen atoms in total. The van der Waals surface area contributed by atoms with Crippen molar-refractivity contribution in [1.29, 1.82) is 0 Å². The molecule has 2 N–H and O–H groups in total. The first-order valence-electron chi connectivity index (χ1n) is 4.97. The molecule has 1 aliphatic heterocycles. The minimum atomic E-state index is -4.14. The average Bonchev–Trinajstić information content (AvgIpc) is 2.22. The molecule has 1 aromatic carbocycles. The van der Waals surface area contributed by atoms with E-state index in [1.165, 1.54) is 0 Å². The molecule has 0 spiro atoms. The molecule has 1 atom stereocenters. The van der Waals surface area contributed by atoms with Crippen LogP contribution in [0.5, 0.6) is 0 Å². The van der Waals surface area contributed by atoms with Gasteiger partial charge in [-0.2, -0.15) is 0 Å². The molecule has 2 rings (SSSR count). The van der Waals surface area contributed by atoms with Gasteiger partial charge in [0, 0.05) is 18.3 Å². The van der Waals surface area contributed by atoms with Crippen LogP contribution in [0.2, 0.25) is 0 Å². The van der Waals surface area contributed by atoms with Gasteiger partial charge in [0.25, 0.3) is 0 Å². The molecule has 0 bridgehead atoms. The Morgan fingerprint density at radius 1 is 1.31 bits per heavy atom. The predicted octanol–water partition coefficient (Wildman–Crippen LogP) is 2.04. The maximum absolute atomic E-state index is 11.4. The van der Waals surface area contributed by atoms with Crippen molar-refractivity contribution in [3.05, 3.63) is 35.9 Å². The number of allylic oxidation sites excluding steroid dienone is 1. The average molecular weight is 239 g/mol. The Labute approximate surface area is 94.4 Å². The van der Waals surface area contributed by atoms with Gasteiger partial charge >= 0.3 is 7.60 Å². The Balaban J connectivity index is 2.56. The molecule has 0 amide bonds. The van der Waals surface area contributed by atoms with Crippen LogP contribution in [-0.2, 0) is 4.57 Å². The molecule has 1 heterocycles. The van der Waals surface area contributed by atoms with Crippen molar-refractivity contribution in [2.24, 2.45) is 0 Å². The summed E-state index contributed by atoms with van der Waals surface area (Å²) in [6.07, 6.45) is 1.63. The van der Waals surface area contributed by atoms with Crippen LogP contribution < -0.4 is 4.90 Å². The molecule has 0 radical (unpaired) electrons. The zero-order chi connectivity index (χ0) is 11.9. The van der Waals surface area contributed by atoms with Crippen LogP contribution in [-0.4, -0.2) is 22.6 Å². The van der Waals surface area contributed by atoms with Crippen molar-refractivity contribution in [1.82, 2.24) is 0 Å². The highest BCUT2D eigenvalue weighted by atomic mass is 31.2. The lowest BCUT2D eigenvalue weighted by Gasteiger charge is -2.34. The maximum atomic E-state index is 11.4. The summed E-state index contributed by atoms with van der Waals surface area (Å²) >= 11 is 0. The molecule has 0 fully saturated rings. The second-order valence-corrected chi connectivity index (χ2v) is 5.69. The number of benzene rings is 1. The van der Waals surface area contributed by atoms with E-state index < -0.39 is 13.4 Å². The van der Waals surface area contributed by atoms with E-state index in [0.29, 0.717) is 0 Å². The van der Waals surface area contributed by atoms with Crippen molar-refractivity contribution >= 4 is 18.9 Å². The molecular weight excluding hydrogens is 225 g/mol. The van der Waals surface area contributed by atoms with Gasteiger partial charge in [0.05, 0.1) is 0 Å². The zero-order valence-electron chi connectivity index (χ0n) is 9.16. The third kappa shape index (κ3) is 1.80. The summed E-state index contributed by atoms with van der Waals surface area (Å²) in [6.45, 7) is 1.87. The second-order valence-electron chi connectivity index (χ2n) is 3.98. The van der Waals surface area contributed by atoms with Gasteiger partial charge in [-0.3, -0.25) is 4.57 Å². The summed E-state index contributed by atoms with van der Waals surface area (Å²) in [5.41, 5.74) is 2.78. The topological polar surface area (TPSA) is 60.8 Å². The zero-order valence-corrected chi connectivity index (χ0v) is 10.1. The number of likely N-dealkylation sites (N-methyl/N-ethyl adjacent to an activating group) is 1. The van der Waals surface area contributed by atoms with Crippen molar-refractivity contribution in [3.8, 4) is 0 Å². The first kappa shape index (κ1) is 11.4. The van der Waals surface area contributed by atoms with Gasteiger partial charge in [0.2, 0.25) is 0 Å². The molecule has 0 aliphatic carbocycles. The van der Waals surface area contributed by atoms with E-state index in [0.717, 1.165) is 16.8 Å². The van der Waals surface area contributed by atoms with Gasteiger partial charge < -0.3 is 14.7 Å². The Morgan fingerprint density at radius 3 is 2.56 bits per heavy atom. The molecule has 86 valence electrons. The number of hydrogen-bond donors (Lipinski definition) is 2. The number of fused-ring (bicyclic) bond motifs is 1. The standard InChI is InChI=1S/C11H14NO3P/c1-8-7-11(16(13,14)15)12(2)10-6-4-3-5-9(8)10/h3-7,11H,1-2H3,(H2,13,14,15). The van der Waals surface area contributed by atoms with Gasteiger partial charge in [0.1, 0.15) is 0 Å². The summed E-state index contributed by atoms with van der Waals surface area (Å²) in [5, 5.41) is 0. The van der Waals surface area contributed by atoms with Gasteiger partial charge in [-0.1, -0.05) is 18.2 Å². The molecule has 0 aromatic heterocycles. The summed E-state index contributed by atoms with van der Waals surface area (Å²) < 4.78 is 11.4. The van der Waals surface area contributed by atoms with E-state index in [-0.39, 0.29) is 0 Å². The summed E-state index contributed by atoms with van der Waals surface area (Å²) in [7, 11) is -2.44. The second kappa shape index (κ2) is 3.74. The van der Waals surface area contributed by atoms with Gasteiger partial charge in [-0.05, 0) is 24.6 Å². The van der Waals surface area contributed by atoms with Crippen molar-refractivity contribution in [2.75, 3.05) is 11.9 Å². The fourth-order valence-electron chi connectivity index (χ4n) is 2.01. The minimum Gasteiger partial charge on any atom is -0.357 e. The van der Waals surface area contributed by atoms with E-state index in [2.05, 4.69) is 0 Å². The van der Waals surface area contributed by atoms with Crippen LogP contribution in [0, 0.1) is 0 Å². The highest BCUT2D eigenvalue weighted by Crippen LogP contribution is 2.48. The predicted molar refractivity (Wildman–Crippen MR) is 64.3 cm³/mol. The van der Waals surface area contributed by atoms with E-state index in [1.807, 2.05) is 31.2 Å². The van der Waals surface area contributed by atoms with E-state index in [9.17, 15) is 14.4 Å². The van der Waals surface area contributed by atoms with Crippen LogP contribution in [0.4, 0.5) is 5.69 Å². The van der Waals surface area contributed by atoms with Crippen LogP contribution in [0.1, 0.15) is 12.5 Å².